The predicted molar refractivity (Wildman–Crippen MR) is 123 cm³/mol. The fourth-order valence-corrected chi connectivity index (χ4v) is 4.81. The molecule has 0 fully saturated rings. The highest BCUT2D eigenvalue weighted by atomic mass is 32.3. The second kappa shape index (κ2) is 9.23. The number of rotatable bonds is 5. The molecule has 1 heterocycles. The summed E-state index contributed by atoms with van der Waals surface area (Å²) in [6, 6.07) is 16.2. The summed E-state index contributed by atoms with van der Waals surface area (Å²) in [5.74, 6) is -1.00. The summed E-state index contributed by atoms with van der Waals surface area (Å²) in [6.45, 7) is 5.79. The first kappa shape index (κ1) is 21.7. The number of hydroxylamine groups is 1. The maximum absolute atomic E-state index is 11.9. The minimum Gasteiger partial charge on any atom is -0.289 e. The average Bonchev–Trinajstić information content (AvgIpc) is 2.77. The van der Waals surface area contributed by atoms with E-state index in [-0.39, 0.29) is 22.9 Å². The zero-order valence-corrected chi connectivity index (χ0v) is 17.4. The maximum atomic E-state index is 11.9. The molecule has 0 bridgehead atoms. The predicted octanol–water partition coefficient (Wildman–Crippen LogP) is 5.17. The molecule has 0 unspecified atom stereocenters. The van der Waals surface area contributed by atoms with Gasteiger partial charge in [-0.2, -0.15) is 0 Å². The summed E-state index contributed by atoms with van der Waals surface area (Å²) in [5, 5.41) is 9.04. The van der Waals surface area contributed by atoms with Gasteiger partial charge in [-0.05, 0) is 40.8 Å². The first-order valence-electron chi connectivity index (χ1n) is 9.32. The zero-order valence-electron chi connectivity index (χ0n) is 16.6. The van der Waals surface area contributed by atoms with E-state index in [4.69, 9.17) is 5.21 Å². The highest BCUT2D eigenvalue weighted by molar-refractivity contribution is 8.40. The lowest BCUT2D eigenvalue weighted by Gasteiger charge is -2.35. The number of nitrogens with one attached hydrogen (secondary N) is 1. The van der Waals surface area contributed by atoms with Gasteiger partial charge in [-0.3, -0.25) is 24.1 Å². The molecule has 1 aliphatic heterocycles. The lowest BCUT2D eigenvalue weighted by atomic mass is 9.94. The van der Waals surface area contributed by atoms with Gasteiger partial charge < -0.3 is 0 Å². The van der Waals surface area contributed by atoms with Gasteiger partial charge in [0.15, 0.2) is 0 Å². The van der Waals surface area contributed by atoms with Crippen LogP contribution in [0.4, 0.5) is 0 Å². The number of allylic oxidation sites excluding steroid dienone is 3. The summed E-state index contributed by atoms with van der Waals surface area (Å²) in [4.78, 5) is 15.8. The lowest BCUT2D eigenvalue weighted by Crippen LogP contribution is -2.28. The van der Waals surface area contributed by atoms with Crippen molar-refractivity contribution in [2.45, 2.75) is 13.3 Å². The molecule has 7 heteroatoms. The molecule has 1 aliphatic rings. The van der Waals surface area contributed by atoms with Gasteiger partial charge >= 0.3 is 0 Å². The summed E-state index contributed by atoms with van der Waals surface area (Å²) in [6.07, 6.45) is 4.53. The van der Waals surface area contributed by atoms with E-state index in [0.717, 1.165) is 27.8 Å². The zero-order chi connectivity index (χ0) is 21.7. The second-order valence-electron chi connectivity index (χ2n) is 6.79. The summed E-state index contributed by atoms with van der Waals surface area (Å²) in [5.41, 5.74) is 6.65. The second-order valence-corrected chi connectivity index (χ2v) is 8.80. The Morgan fingerprint density at radius 1 is 1.17 bits per heavy atom. The summed E-state index contributed by atoms with van der Waals surface area (Å²) >= 11 is 0. The number of amides is 1. The smallest absolute Gasteiger partial charge is 0.289 e. The van der Waals surface area contributed by atoms with Crippen molar-refractivity contribution >= 4 is 27.1 Å². The number of benzene rings is 2. The van der Waals surface area contributed by atoms with E-state index in [1.54, 1.807) is 0 Å². The van der Waals surface area contributed by atoms with Gasteiger partial charge in [0, 0.05) is 6.42 Å². The molecule has 0 radical (unpaired) electrons. The van der Waals surface area contributed by atoms with Gasteiger partial charge in [-0.1, -0.05) is 67.3 Å². The van der Waals surface area contributed by atoms with Crippen molar-refractivity contribution < 1.29 is 19.1 Å². The molecule has 0 aliphatic carbocycles. The minimum atomic E-state index is -3.67. The van der Waals surface area contributed by atoms with E-state index in [2.05, 4.69) is 29.8 Å². The van der Waals surface area contributed by atoms with Crippen LogP contribution in [0.2, 0.25) is 0 Å². The molecule has 4 N–H and O–H groups in total. The summed E-state index contributed by atoms with van der Waals surface area (Å²) < 4.78 is 21.5. The molecule has 0 saturated carbocycles. The standard InChI is InChI=1S/C23H24N2O4S/c1-3-7-21(23(26)25-27)30(28,29)22-15-19(12-13-24-22)18-10-11-20(16(2)14-18)17-8-5-4-6-9-17/h3-12,14,27-29H,1,13,15H2,2H3,(H,25,26). The van der Waals surface area contributed by atoms with E-state index in [1.165, 1.54) is 17.6 Å². The Kier molecular flexibility index (Phi) is 6.69. The SMILES string of the molecule is C=CC=C(C(=O)NO)S(O)(O)C1=NCC=C(c2ccc(-c3ccccc3)c(C)c2)C1. The molecule has 3 rings (SSSR count). The van der Waals surface area contributed by atoms with Gasteiger partial charge in [0.05, 0.1) is 6.54 Å². The van der Waals surface area contributed by atoms with Crippen molar-refractivity contribution in [2.24, 2.45) is 4.99 Å². The highest BCUT2D eigenvalue weighted by Gasteiger charge is 2.32. The van der Waals surface area contributed by atoms with Crippen LogP contribution in [0.1, 0.15) is 17.5 Å². The van der Waals surface area contributed by atoms with Gasteiger partial charge in [0.25, 0.3) is 5.91 Å². The van der Waals surface area contributed by atoms with E-state index in [1.807, 2.05) is 43.3 Å². The third kappa shape index (κ3) is 4.44. The van der Waals surface area contributed by atoms with Crippen molar-refractivity contribution in [1.82, 2.24) is 5.48 Å². The molecule has 0 saturated heterocycles. The number of hydrogen-bond donors (Lipinski definition) is 4. The molecule has 0 spiro atoms. The van der Waals surface area contributed by atoms with Crippen molar-refractivity contribution in [3.63, 3.8) is 0 Å². The molecule has 2 aromatic carbocycles. The molecule has 2 aromatic rings. The molecular weight excluding hydrogens is 400 g/mol. The Morgan fingerprint density at radius 2 is 1.90 bits per heavy atom. The lowest BCUT2D eigenvalue weighted by molar-refractivity contribution is -0.124. The van der Waals surface area contributed by atoms with Crippen molar-refractivity contribution in [2.75, 3.05) is 6.54 Å². The molecule has 1 amide bonds. The van der Waals surface area contributed by atoms with Crippen LogP contribution >= 0.6 is 10.6 Å². The molecule has 156 valence electrons. The van der Waals surface area contributed by atoms with Gasteiger partial charge in [0.1, 0.15) is 9.95 Å². The van der Waals surface area contributed by atoms with E-state index in [9.17, 15) is 13.9 Å². The number of dihydropyridines is 1. The van der Waals surface area contributed by atoms with Crippen LogP contribution in [0.3, 0.4) is 0 Å². The van der Waals surface area contributed by atoms with E-state index < -0.39 is 16.5 Å². The number of aliphatic imine (C=N–C) groups is 1. The van der Waals surface area contributed by atoms with E-state index in [0.29, 0.717) is 0 Å². The van der Waals surface area contributed by atoms with Crippen molar-refractivity contribution in [3.05, 3.63) is 89.4 Å². The van der Waals surface area contributed by atoms with Gasteiger partial charge in [0.2, 0.25) is 0 Å². The van der Waals surface area contributed by atoms with Crippen LogP contribution in [-0.2, 0) is 4.79 Å². The monoisotopic (exact) mass is 424 g/mol. The molecule has 0 aromatic heterocycles. The largest absolute Gasteiger partial charge is 0.291 e. The van der Waals surface area contributed by atoms with Crippen LogP contribution in [0, 0.1) is 6.92 Å². The highest BCUT2D eigenvalue weighted by Crippen LogP contribution is 2.52. The Morgan fingerprint density at radius 3 is 2.53 bits per heavy atom. The van der Waals surface area contributed by atoms with Crippen LogP contribution in [0.5, 0.6) is 0 Å². The first-order valence-corrected chi connectivity index (χ1v) is 10.9. The number of nitrogens with zero attached hydrogens (tertiary/aromatic N) is 1. The number of aryl methyl sites for hydroxylation is 1. The summed E-state index contributed by atoms with van der Waals surface area (Å²) in [7, 11) is -3.67. The minimum absolute atomic E-state index is 0.0986. The fraction of sp³-hybridized carbons (Fsp3) is 0.130. The molecule has 0 atom stereocenters. The number of carbonyl (C=O) groups excluding carboxylic acids is 1. The van der Waals surface area contributed by atoms with Gasteiger partial charge in [-0.15, -0.1) is 10.6 Å². The van der Waals surface area contributed by atoms with Gasteiger partial charge in [-0.25, -0.2) is 5.48 Å². The molecule has 30 heavy (non-hydrogen) atoms. The van der Waals surface area contributed by atoms with E-state index >= 15 is 0 Å². The number of carbonyl (C=O) groups is 1. The van der Waals surface area contributed by atoms with Crippen molar-refractivity contribution in [3.8, 4) is 11.1 Å². The third-order valence-electron chi connectivity index (χ3n) is 4.86. The van der Waals surface area contributed by atoms with Crippen LogP contribution in [0.25, 0.3) is 16.7 Å². The van der Waals surface area contributed by atoms with Crippen molar-refractivity contribution in [1.29, 1.82) is 0 Å². The van der Waals surface area contributed by atoms with Crippen LogP contribution in [0.15, 0.2) is 83.2 Å². The first-order chi connectivity index (χ1) is 14.4. The Bertz CT molecular complexity index is 1060. The maximum Gasteiger partial charge on any atom is 0.291 e. The Labute approximate surface area is 177 Å². The number of hydrogen-bond acceptors (Lipinski definition) is 5. The Hall–Kier alpha value is -2.97. The van der Waals surface area contributed by atoms with Crippen LogP contribution < -0.4 is 5.48 Å². The quantitative estimate of drug-likeness (QED) is 0.230. The average molecular weight is 425 g/mol. The topological polar surface area (TPSA) is 102 Å². The third-order valence-corrected chi connectivity index (χ3v) is 6.72. The fourth-order valence-electron chi connectivity index (χ4n) is 3.35. The van der Waals surface area contributed by atoms with Crippen LogP contribution in [-0.4, -0.2) is 31.8 Å². The molecule has 6 nitrogen and oxygen atoms in total. The molecular formula is C23H24N2O4S. The normalized spacial score (nSPS) is 15.1. The Balaban J connectivity index is 1.88.